The molecule has 0 bridgehead atoms. The molecule has 0 aliphatic carbocycles. The van der Waals surface area contributed by atoms with Gasteiger partial charge in [0.2, 0.25) is 0 Å². The molecule has 0 spiro atoms. The quantitative estimate of drug-likeness (QED) is 0.0719. The molecule has 3 unspecified atom stereocenters. The fourth-order valence-corrected chi connectivity index (χ4v) is 7.40. The number of hydrogen-bond donors (Lipinski definition) is 1. The molecule has 0 aromatic rings. The predicted molar refractivity (Wildman–Crippen MR) is 159 cm³/mol. The number of ether oxygens (including phenoxy) is 1. The summed E-state index contributed by atoms with van der Waals surface area (Å²) in [5.41, 5.74) is 0. The largest absolute Gasteiger partial charge is 0.472 e. The summed E-state index contributed by atoms with van der Waals surface area (Å²) in [6, 6.07) is 0. The number of methoxy groups -OCH3 is 1. The van der Waals surface area contributed by atoms with Crippen molar-refractivity contribution in [3.8, 4) is 0 Å². The number of thioether (sulfide) groups is 1. The lowest BCUT2D eigenvalue weighted by atomic mass is 10.0. The first-order chi connectivity index (χ1) is 17.8. The molecule has 6 nitrogen and oxygen atoms in total. The first-order valence-electron chi connectivity index (χ1n) is 15.4. The Kier molecular flexibility index (Phi) is 21.2. The van der Waals surface area contributed by atoms with Crippen molar-refractivity contribution >= 4 is 19.6 Å². The van der Waals surface area contributed by atoms with Gasteiger partial charge in [0, 0.05) is 25.9 Å². The van der Waals surface area contributed by atoms with Gasteiger partial charge < -0.3 is 14.1 Å². The van der Waals surface area contributed by atoms with Crippen LogP contribution in [0.15, 0.2) is 0 Å². The third-order valence-corrected chi connectivity index (χ3v) is 9.81. The highest BCUT2D eigenvalue weighted by Crippen LogP contribution is 2.48. The number of phosphoric ester groups is 1. The Hall–Kier alpha value is 0.380. The summed E-state index contributed by atoms with van der Waals surface area (Å²) in [4.78, 5) is 10.4. The second-order valence-corrected chi connectivity index (χ2v) is 14.2. The number of unbranched alkanes of at least 4 members (excludes halogenated alkanes) is 13. The van der Waals surface area contributed by atoms with Crippen LogP contribution in [-0.4, -0.2) is 74.0 Å². The van der Waals surface area contributed by atoms with E-state index in [1.165, 1.54) is 89.9 Å². The van der Waals surface area contributed by atoms with Crippen LogP contribution in [0.4, 0.5) is 0 Å². The minimum atomic E-state index is -4.09. The summed E-state index contributed by atoms with van der Waals surface area (Å²) in [6.07, 6.45) is 21.8. The second-order valence-electron chi connectivity index (χ2n) is 11.7. The molecule has 1 heterocycles. The molecule has 222 valence electrons. The number of likely N-dealkylation sites (tertiary alicyclic amines) is 1. The van der Waals surface area contributed by atoms with E-state index in [1.54, 1.807) is 7.11 Å². The molecule has 1 aliphatic rings. The summed E-state index contributed by atoms with van der Waals surface area (Å²) in [5.74, 6) is 1.77. The Morgan fingerprint density at radius 2 is 1.46 bits per heavy atom. The van der Waals surface area contributed by atoms with Gasteiger partial charge in [-0.2, -0.15) is 11.8 Å². The van der Waals surface area contributed by atoms with Crippen LogP contribution in [0, 0.1) is 0 Å². The van der Waals surface area contributed by atoms with Crippen LogP contribution >= 0.6 is 19.6 Å². The van der Waals surface area contributed by atoms with Crippen LogP contribution in [0.5, 0.6) is 0 Å². The maximum Gasteiger partial charge on any atom is 0.472 e. The van der Waals surface area contributed by atoms with E-state index in [0.717, 1.165) is 42.6 Å². The first kappa shape index (κ1) is 35.4. The number of quaternary nitrogens is 1. The number of rotatable bonds is 24. The Morgan fingerprint density at radius 3 is 2.03 bits per heavy atom. The van der Waals surface area contributed by atoms with Gasteiger partial charge in [0.1, 0.15) is 0 Å². The van der Waals surface area contributed by atoms with Crippen molar-refractivity contribution in [2.24, 2.45) is 0 Å². The van der Waals surface area contributed by atoms with Crippen molar-refractivity contribution in [3.63, 3.8) is 0 Å². The molecule has 0 radical (unpaired) electrons. The maximum absolute atomic E-state index is 12.8. The lowest BCUT2D eigenvalue weighted by molar-refractivity contribution is -0.889. The number of hydrogen-bond acceptors (Lipinski definition) is 5. The Labute approximate surface area is 234 Å². The van der Waals surface area contributed by atoms with Crippen molar-refractivity contribution in [1.82, 2.24) is 0 Å². The molecule has 1 saturated heterocycles. The zero-order chi connectivity index (χ0) is 27.2. The summed E-state index contributed by atoms with van der Waals surface area (Å²) in [7, 11) is 1.97. The minimum absolute atomic E-state index is 0.206. The minimum Gasteiger partial charge on any atom is -0.385 e. The molecule has 0 saturated carbocycles. The van der Waals surface area contributed by atoms with Gasteiger partial charge in [0.05, 0.1) is 39.4 Å². The first-order valence-corrected chi connectivity index (χ1v) is 18.0. The van der Waals surface area contributed by atoms with Crippen LogP contribution in [0.25, 0.3) is 0 Å². The SMILES string of the molecule is CCCCCCCCCCCCCCCCSCC(CCOC)OP(=O)(O)OC1CCC[N+](C)(C)CC1. The standard InChI is InChI=1S/C29H60NO5PS/c1-5-6-7-8-9-10-11-12-13-14-15-16-17-18-26-37-27-29(22-25-33-4)35-36(31,32)34-28-20-19-23-30(2,3)24-21-28/h28-29H,5-27H2,1-4H3/p+1. The molecule has 0 aromatic heterocycles. The summed E-state index contributed by atoms with van der Waals surface area (Å²) < 4.78 is 30.2. The molecule has 1 aliphatic heterocycles. The zero-order valence-corrected chi connectivity index (χ0v) is 26.5. The van der Waals surface area contributed by atoms with Crippen LogP contribution in [-0.2, 0) is 18.3 Å². The number of nitrogens with zero attached hydrogens (tertiary/aromatic N) is 1. The van der Waals surface area contributed by atoms with Crippen molar-refractivity contribution < 1.29 is 27.7 Å². The topological polar surface area (TPSA) is 65.0 Å². The van der Waals surface area contributed by atoms with Crippen molar-refractivity contribution in [1.29, 1.82) is 0 Å². The molecular weight excluding hydrogens is 505 g/mol. The van der Waals surface area contributed by atoms with Crippen LogP contribution in [0.1, 0.15) is 122 Å². The zero-order valence-electron chi connectivity index (χ0n) is 24.8. The van der Waals surface area contributed by atoms with Crippen LogP contribution < -0.4 is 0 Å². The summed E-state index contributed by atoms with van der Waals surface area (Å²) in [6.45, 7) is 4.82. The Balaban J connectivity index is 2.11. The van der Waals surface area contributed by atoms with Crippen molar-refractivity contribution in [2.75, 3.05) is 52.4 Å². The van der Waals surface area contributed by atoms with E-state index >= 15 is 0 Å². The van der Waals surface area contributed by atoms with Gasteiger partial charge in [-0.25, -0.2) is 4.57 Å². The van der Waals surface area contributed by atoms with Gasteiger partial charge in [0.25, 0.3) is 0 Å². The summed E-state index contributed by atoms with van der Waals surface area (Å²) >= 11 is 1.82. The highest BCUT2D eigenvalue weighted by molar-refractivity contribution is 7.99. The lowest BCUT2D eigenvalue weighted by Crippen LogP contribution is -2.40. The van der Waals surface area contributed by atoms with E-state index in [1.807, 2.05) is 11.8 Å². The smallest absolute Gasteiger partial charge is 0.385 e. The average Bonchev–Trinajstić information content (AvgIpc) is 3.01. The maximum atomic E-state index is 12.8. The molecule has 1 rings (SSSR count). The van der Waals surface area contributed by atoms with Gasteiger partial charge in [-0.15, -0.1) is 0 Å². The average molecular weight is 567 g/mol. The van der Waals surface area contributed by atoms with Gasteiger partial charge in [-0.05, 0) is 31.4 Å². The molecule has 8 heteroatoms. The van der Waals surface area contributed by atoms with Crippen molar-refractivity contribution in [2.45, 2.75) is 135 Å². The molecule has 0 aromatic carbocycles. The van der Waals surface area contributed by atoms with Crippen molar-refractivity contribution in [3.05, 3.63) is 0 Å². The fraction of sp³-hybridized carbons (Fsp3) is 1.00. The molecule has 1 N–H and O–H groups in total. The number of phosphoric acid groups is 1. The van der Waals surface area contributed by atoms with E-state index in [4.69, 9.17) is 13.8 Å². The van der Waals surface area contributed by atoms with Crippen LogP contribution in [0.2, 0.25) is 0 Å². The van der Waals surface area contributed by atoms with E-state index < -0.39 is 7.82 Å². The van der Waals surface area contributed by atoms with Gasteiger partial charge >= 0.3 is 7.82 Å². The molecule has 1 fully saturated rings. The predicted octanol–water partition coefficient (Wildman–Crippen LogP) is 8.37. The fourth-order valence-electron chi connectivity index (χ4n) is 5.03. The molecule has 3 atom stereocenters. The molecular formula is C29H61NO5PS+. The Bertz CT molecular complexity index is 581. The van der Waals surface area contributed by atoms with Gasteiger partial charge in [0.15, 0.2) is 0 Å². The second kappa shape index (κ2) is 22.1. The highest BCUT2D eigenvalue weighted by Gasteiger charge is 2.33. The Morgan fingerprint density at radius 1 is 0.892 bits per heavy atom. The third-order valence-electron chi connectivity index (χ3n) is 7.50. The van der Waals surface area contributed by atoms with E-state index in [-0.39, 0.29) is 12.2 Å². The summed E-state index contributed by atoms with van der Waals surface area (Å²) in [5, 5.41) is 0. The highest BCUT2D eigenvalue weighted by atomic mass is 32.2. The van der Waals surface area contributed by atoms with Crippen LogP contribution in [0.3, 0.4) is 0 Å². The van der Waals surface area contributed by atoms with E-state index in [9.17, 15) is 9.46 Å². The third kappa shape index (κ3) is 20.9. The molecule has 37 heavy (non-hydrogen) atoms. The normalized spacial score (nSPS) is 20.4. The lowest BCUT2D eigenvalue weighted by Gasteiger charge is -2.28. The van der Waals surface area contributed by atoms with Gasteiger partial charge in [-0.3, -0.25) is 9.05 Å². The van der Waals surface area contributed by atoms with E-state index in [2.05, 4.69) is 21.0 Å². The molecule has 0 amide bonds. The van der Waals surface area contributed by atoms with Gasteiger partial charge in [-0.1, -0.05) is 90.4 Å². The van der Waals surface area contributed by atoms with E-state index in [0.29, 0.717) is 18.8 Å². The monoisotopic (exact) mass is 566 g/mol.